The van der Waals surface area contributed by atoms with Crippen LogP contribution in [0, 0.1) is 17.5 Å². The van der Waals surface area contributed by atoms with Crippen molar-refractivity contribution in [3.63, 3.8) is 0 Å². The van der Waals surface area contributed by atoms with Crippen LogP contribution >= 0.6 is 0 Å². The van der Waals surface area contributed by atoms with Gasteiger partial charge in [0.25, 0.3) is 0 Å². The van der Waals surface area contributed by atoms with Gasteiger partial charge in [-0.2, -0.15) is 5.10 Å². The Labute approximate surface area is 133 Å². The molecule has 0 aliphatic heterocycles. The summed E-state index contributed by atoms with van der Waals surface area (Å²) in [5, 5.41) is 26.1. The van der Waals surface area contributed by atoms with Crippen molar-refractivity contribution in [1.82, 2.24) is 9.78 Å². The molecule has 8 heteroatoms. The molecule has 1 heterocycles. The number of halogens is 3. The molecule has 2 aromatic carbocycles. The molecule has 0 radical (unpaired) electrons. The number of hydrogen-bond donors (Lipinski definition) is 2. The third-order valence-corrected chi connectivity index (χ3v) is 3.34. The molecule has 0 aliphatic carbocycles. The standard InChI is InChI=1S/C16H10F3N3O2/c17-10-1-4-15(23)12(5-10)16(21-24)9-7-20-22(8-9)11-2-3-13(18)14(19)6-11/h1-8,23-24H/b21-16+. The molecule has 1 aromatic heterocycles. The van der Waals surface area contributed by atoms with E-state index in [9.17, 15) is 23.5 Å². The molecule has 0 amide bonds. The van der Waals surface area contributed by atoms with Gasteiger partial charge in [0, 0.05) is 23.4 Å². The van der Waals surface area contributed by atoms with E-state index in [1.807, 2.05) is 0 Å². The first-order chi connectivity index (χ1) is 11.5. The fraction of sp³-hybridized carbons (Fsp3) is 0. The number of benzene rings is 2. The first kappa shape index (κ1) is 15.6. The van der Waals surface area contributed by atoms with E-state index in [0.29, 0.717) is 0 Å². The van der Waals surface area contributed by atoms with E-state index in [-0.39, 0.29) is 28.3 Å². The van der Waals surface area contributed by atoms with Gasteiger partial charge in [0.1, 0.15) is 17.3 Å². The summed E-state index contributed by atoms with van der Waals surface area (Å²) in [4.78, 5) is 0. The molecular weight excluding hydrogens is 323 g/mol. The first-order valence-corrected chi connectivity index (χ1v) is 6.71. The Bertz CT molecular complexity index is 938. The van der Waals surface area contributed by atoms with Crippen LogP contribution in [0.2, 0.25) is 0 Å². The molecule has 0 saturated carbocycles. The smallest absolute Gasteiger partial charge is 0.160 e. The maximum atomic E-state index is 13.4. The number of oxime groups is 1. The largest absolute Gasteiger partial charge is 0.507 e. The highest BCUT2D eigenvalue weighted by atomic mass is 19.2. The highest BCUT2D eigenvalue weighted by Gasteiger charge is 2.16. The monoisotopic (exact) mass is 333 g/mol. The van der Waals surface area contributed by atoms with Crippen molar-refractivity contribution in [3.8, 4) is 11.4 Å². The van der Waals surface area contributed by atoms with Crippen molar-refractivity contribution in [2.45, 2.75) is 0 Å². The number of hydrogen-bond acceptors (Lipinski definition) is 4. The lowest BCUT2D eigenvalue weighted by Crippen LogP contribution is -2.03. The second-order valence-electron chi connectivity index (χ2n) is 4.88. The summed E-state index contributed by atoms with van der Waals surface area (Å²) in [7, 11) is 0. The zero-order chi connectivity index (χ0) is 17.3. The van der Waals surface area contributed by atoms with E-state index in [4.69, 9.17) is 0 Å². The Morgan fingerprint density at radius 1 is 1.04 bits per heavy atom. The molecule has 0 fully saturated rings. The molecule has 0 aliphatic rings. The third-order valence-electron chi connectivity index (χ3n) is 3.34. The summed E-state index contributed by atoms with van der Waals surface area (Å²) in [5.74, 6) is -2.95. The summed E-state index contributed by atoms with van der Waals surface area (Å²) in [6.45, 7) is 0. The summed E-state index contributed by atoms with van der Waals surface area (Å²) < 4.78 is 40.9. The molecule has 0 bridgehead atoms. The van der Waals surface area contributed by atoms with Crippen LogP contribution < -0.4 is 0 Å². The van der Waals surface area contributed by atoms with E-state index in [1.54, 1.807) is 0 Å². The van der Waals surface area contributed by atoms with Crippen molar-refractivity contribution in [2.24, 2.45) is 5.16 Å². The number of aromatic hydroxyl groups is 1. The molecule has 2 N–H and O–H groups in total. The number of phenols is 1. The van der Waals surface area contributed by atoms with Crippen LogP contribution in [0.15, 0.2) is 53.9 Å². The van der Waals surface area contributed by atoms with Crippen molar-refractivity contribution >= 4 is 5.71 Å². The number of nitrogens with zero attached hydrogens (tertiary/aromatic N) is 3. The Morgan fingerprint density at radius 2 is 1.83 bits per heavy atom. The van der Waals surface area contributed by atoms with Crippen molar-refractivity contribution in [3.05, 3.63) is 77.4 Å². The van der Waals surface area contributed by atoms with Crippen LogP contribution in [0.4, 0.5) is 13.2 Å². The van der Waals surface area contributed by atoms with Crippen LogP contribution in [-0.2, 0) is 0 Å². The molecule has 3 rings (SSSR count). The fourth-order valence-electron chi connectivity index (χ4n) is 2.18. The van der Waals surface area contributed by atoms with Crippen LogP contribution in [0.1, 0.15) is 11.1 Å². The Balaban J connectivity index is 2.02. The molecule has 0 unspecified atom stereocenters. The Kier molecular flexibility index (Phi) is 3.95. The van der Waals surface area contributed by atoms with Crippen molar-refractivity contribution in [1.29, 1.82) is 0 Å². The quantitative estimate of drug-likeness (QED) is 0.439. The summed E-state index contributed by atoms with van der Waals surface area (Å²) >= 11 is 0. The minimum absolute atomic E-state index is 0.0395. The zero-order valence-corrected chi connectivity index (χ0v) is 12.0. The van der Waals surface area contributed by atoms with E-state index >= 15 is 0 Å². The van der Waals surface area contributed by atoms with Gasteiger partial charge in [-0.15, -0.1) is 0 Å². The minimum atomic E-state index is -1.04. The number of aromatic nitrogens is 2. The van der Waals surface area contributed by atoms with Gasteiger partial charge >= 0.3 is 0 Å². The van der Waals surface area contributed by atoms with E-state index in [1.165, 1.54) is 23.1 Å². The second-order valence-corrected chi connectivity index (χ2v) is 4.88. The zero-order valence-electron chi connectivity index (χ0n) is 12.0. The van der Waals surface area contributed by atoms with Gasteiger partial charge < -0.3 is 10.3 Å². The van der Waals surface area contributed by atoms with Crippen LogP contribution in [-0.4, -0.2) is 25.8 Å². The first-order valence-electron chi connectivity index (χ1n) is 6.71. The maximum Gasteiger partial charge on any atom is 0.160 e. The average molecular weight is 333 g/mol. The van der Waals surface area contributed by atoms with Gasteiger partial charge in [-0.05, 0) is 30.3 Å². The van der Waals surface area contributed by atoms with E-state index in [2.05, 4.69) is 10.3 Å². The third kappa shape index (κ3) is 2.81. The van der Waals surface area contributed by atoms with E-state index < -0.39 is 17.5 Å². The molecule has 0 spiro atoms. The molecular formula is C16H10F3N3O2. The highest BCUT2D eigenvalue weighted by molar-refractivity contribution is 6.13. The van der Waals surface area contributed by atoms with Crippen molar-refractivity contribution in [2.75, 3.05) is 0 Å². The molecule has 0 atom stereocenters. The molecule has 3 aromatic rings. The highest BCUT2D eigenvalue weighted by Crippen LogP contribution is 2.23. The lowest BCUT2D eigenvalue weighted by Gasteiger charge is -2.05. The average Bonchev–Trinajstić information content (AvgIpc) is 3.04. The molecule has 122 valence electrons. The van der Waals surface area contributed by atoms with Crippen LogP contribution in [0.3, 0.4) is 0 Å². The predicted molar refractivity (Wildman–Crippen MR) is 79.0 cm³/mol. The van der Waals surface area contributed by atoms with Crippen LogP contribution in [0.25, 0.3) is 5.69 Å². The molecule has 5 nitrogen and oxygen atoms in total. The van der Waals surface area contributed by atoms with Gasteiger partial charge in [0.2, 0.25) is 0 Å². The van der Waals surface area contributed by atoms with Gasteiger partial charge in [0.15, 0.2) is 11.6 Å². The maximum absolute atomic E-state index is 13.4. The topological polar surface area (TPSA) is 70.6 Å². The summed E-state index contributed by atoms with van der Waals surface area (Å²) in [6.07, 6.45) is 2.65. The molecule has 0 saturated heterocycles. The Hall–Kier alpha value is -3.29. The van der Waals surface area contributed by atoms with Gasteiger partial charge in [-0.25, -0.2) is 17.9 Å². The van der Waals surface area contributed by atoms with Gasteiger partial charge in [-0.1, -0.05) is 5.16 Å². The number of phenolic OH excluding ortho intramolecular Hbond substituents is 1. The molecule has 24 heavy (non-hydrogen) atoms. The summed E-state index contributed by atoms with van der Waals surface area (Å²) in [5.41, 5.74) is 0.312. The van der Waals surface area contributed by atoms with E-state index in [0.717, 1.165) is 30.3 Å². The second kappa shape index (κ2) is 6.07. The summed E-state index contributed by atoms with van der Waals surface area (Å²) in [6, 6.07) is 6.38. The number of rotatable bonds is 3. The SMILES string of the molecule is O/N=C(\c1cnn(-c2ccc(F)c(F)c2)c1)c1cc(F)ccc1O. The normalized spacial score (nSPS) is 11.7. The Morgan fingerprint density at radius 3 is 2.54 bits per heavy atom. The predicted octanol–water partition coefficient (Wildman–Crippen LogP) is 3.22. The minimum Gasteiger partial charge on any atom is -0.507 e. The lowest BCUT2D eigenvalue weighted by molar-refractivity contribution is 0.319. The fourth-order valence-corrected chi connectivity index (χ4v) is 2.18. The van der Waals surface area contributed by atoms with Crippen molar-refractivity contribution < 1.29 is 23.5 Å². The van der Waals surface area contributed by atoms with Gasteiger partial charge in [-0.3, -0.25) is 0 Å². The van der Waals surface area contributed by atoms with Gasteiger partial charge in [0.05, 0.1) is 11.9 Å². The lowest BCUT2D eigenvalue weighted by atomic mass is 10.0. The van der Waals surface area contributed by atoms with Crippen LogP contribution in [0.5, 0.6) is 5.75 Å².